The summed E-state index contributed by atoms with van der Waals surface area (Å²) in [5.41, 5.74) is 5.84. The van der Waals surface area contributed by atoms with Crippen LogP contribution in [0.4, 0.5) is 11.4 Å². The number of pyridine rings is 1. The normalized spacial score (nSPS) is 10.4. The van der Waals surface area contributed by atoms with E-state index in [-0.39, 0.29) is 5.91 Å². The molecule has 1 aromatic heterocycles. The number of aromatic nitrogens is 1. The molecule has 0 bridgehead atoms. The molecule has 2 aromatic carbocycles. The van der Waals surface area contributed by atoms with Crippen LogP contribution in [0, 0.1) is 13.8 Å². The number of carbonyl (C=O) groups excluding carboxylic acids is 1. The number of aryl methyl sites for hydroxylation is 2. The smallest absolute Gasteiger partial charge is 0.255 e. The lowest BCUT2D eigenvalue weighted by Gasteiger charge is -2.18. The molecule has 1 amide bonds. The average molecular weight is 345 g/mol. The van der Waals surface area contributed by atoms with Gasteiger partial charge in [-0.2, -0.15) is 0 Å². The van der Waals surface area contributed by atoms with Crippen molar-refractivity contribution in [3.05, 3.63) is 89.2 Å². The Kier molecular flexibility index (Phi) is 5.32. The molecular weight excluding hydrogens is 322 g/mol. The minimum absolute atomic E-state index is 0.0495. The molecule has 3 aromatic rings. The standard InChI is InChI=1S/C22H23N3O/c1-16-8-7-9-17(2)21(16)24-20-12-19(13-23-14-20)22(26)25(3)15-18-10-5-4-6-11-18/h4-14,24H,15H2,1-3H3. The van der Waals surface area contributed by atoms with Crippen LogP contribution in [0.15, 0.2) is 67.0 Å². The van der Waals surface area contributed by atoms with Gasteiger partial charge in [0.05, 0.1) is 17.4 Å². The van der Waals surface area contributed by atoms with E-state index >= 15 is 0 Å². The zero-order valence-electron chi connectivity index (χ0n) is 15.4. The fourth-order valence-corrected chi connectivity index (χ4v) is 2.93. The van der Waals surface area contributed by atoms with Crippen LogP contribution in [0.2, 0.25) is 0 Å². The lowest BCUT2D eigenvalue weighted by molar-refractivity contribution is 0.0784. The lowest BCUT2D eigenvalue weighted by Crippen LogP contribution is -2.26. The summed E-state index contributed by atoms with van der Waals surface area (Å²) in [5, 5.41) is 3.39. The summed E-state index contributed by atoms with van der Waals surface area (Å²) in [5.74, 6) is -0.0495. The third-order valence-electron chi connectivity index (χ3n) is 4.34. The molecular formula is C22H23N3O. The fourth-order valence-electron chi connectivity index (χ4n) is 2.93. The SMILES string of the molecule is Cc1cccc(C)c1Nc1cncc(C(=O)N(C)Cc2ccccc2)c1. The number of carbonyl (C=O) groups is 1. The average Bonchev–Trinajstić information content (AvgIpc) is 2.65. The minimum Gasteiger partial charge on any atom is -0.354 e. The maximum Gasteiger partial charge on any atom is 0.255 e. The second-order valence-corrected chi connectivity index (χ2v) is 6.50. The van der Waals surface area contributed by atoms with Crippen molar-refractivity contribution in [3.8, 4) is 0 Å². The molecule has 4 heteroatoms. The van der Waals surface area contributed by atoms with E-state index in [0.717, 1.165) is 28.1 Å². The Bertz CT molecular complexity index is 886. The van der Waals surface area contributed by atoms with Crippen LogP contribution in [0.1, 0.15) is 27.0 Å². The van der Waals surface area contributed by atoms with Gasteiger partial charge >= 0.3 is 0 Å². The predicted octanol–water partition coefficient (Wildman–Crippen LogP) is 4.71. The monoisotopic (exact) mass is 345 g/mol. The first kappa shape index (κ1) is 17.7. The van der Waals surface area contributed by atoms with E-state index in [0.29, 0.717) is 12.1 Å². The Hall–Kier alpha value is -3.14. The highest BCUT2D eigenvalue weighted by atomic mass is 16.2. The second-order valence-electron chi connectivity index (χ2n) is 6.50. The number of rotatable bonds is 5. The molecule has 26 heavy (non-hydrogen) atoms. The molecule has 0 fully saturated rings. The Morgan fingerprint density at radius 2 is 1.69 bits per heavy atom. The van der Waals surface area contributed by atoms with E-state index in [9.17, 15) is 4.79 Å². The lowest BCUT2D eigenvalue weighted by atomic mass is 10.1. The third kappa shape index (κ3) is 4.09. The topological polar surface area (TPSA) is 45.2 Å². The highest BCUT2D eigenvalue weighted by Crippen LogP contribution is 2.24. The Labute approximate surface area is 154 Å². The molecule has 0 aliphatic heterocycles. The van der Waals surface area contributed by atoms with Gasteiger partial charge in [0.25, 0.3) is 5.91 Å². The van der Waals surface area contributed by atoms with Gasteiger partial charge in [0.15, 0.2) is 0 Å². The van der Waals surface area contributed by atoms with Crippen molar-refractivity contribution in [2.24, 2.45) is 0 Å². The first-order valence-corrected chi connectivity index (χ1v) is 8.62. The van der Waals surface area contributed by atoms with Crippen LogP contribution in [-0.4, -0.2) is 22.8 Å². The molecule has 0 spiro atoms. The molecule has 0 radical (unpaired) electrons. The Balaban J connectivity index is 1.77. The van der Waals surface area contributed by atoms with Gasteiger partial charge in [-0.15, -0.1) is 0 Å². The summed E-state index contributed by atoms with van der Waals surface area (Å²) in [4.78, 5) is 18.7. The van der Waals surface area contributed by atoms with Gasteiger partial charge in [0.1, 0.15) is 0 Å². The van der Waals surface area contributed by atoms with Gasteiger partial charge in [-0.05, 0) is 36.6 Å². The van der Waals surface area contributed by atoms with Gasteiger partial charge in [-0.3, -0.25) is 9.78 Å². The first-order chi connectivity index (χ1) is 12.5. The quantitative estimate of drug-likeness (QED) is 0.728. The molecule has 0 atom stereocenters. The van der Waals surface area contributed by atoms with Crippen LogP contribution in [0.5, 0.6) is 0 Å². The molecule has 3 rings (SSSR count). The molecule has 0 aliphatic carbocycles. The summed E-state index contributed by atoms with van der Waals surface area (Å²) in [6, 6.07) is 18.0. The van der Waals surface area contributed by atoms with E-state index in [2.05, 4.69) is 36.3 Å². The molecule has 132 valence electrons. The molecule has 0 aliphatic rings. The summed E-state index contributed by atoms with van der Waals surface area (Å²) in [6.45, 7) is 4.69. The summed E-state index contributed by atoms with van der Waals surface area (Å²) in [7, 11) is 1.81. The summed E-state index contributed by atoms with van der Waals surface area (Å²) < 4.78 is 0. The van der Waals surface area contributed by atoms with Crippen molar-refractivity contribution < 1.29 is 4.79 Å². The number of anilines is 2. The summed E-state index contributed by atoms with van der Waals surface area (Å²) in [6.07, 6.45) is 3.35. The van der Waals surface area contributed by atoms with E-state index < -0.39 is 0 Å². The zero-order valence-corrected chi connectivity index (χ0v) is 15.4. The highest BCUT2D eigenvalue weighted by molar-refractivity contribution is 5.94. The number of benzene rings is 2. The maximum atomic E-state index is 12.7. The number of nitrogens with zero attached hydrogens (tertiary/aromatic N) is 2. The Morgan fingerprint density at radius 3 is 2.38 bits per heavy atom. The number of para-hydroxylation sites is 1. The van der Waals surface area contributed by atoms with Crippen molar-refractivity contribution in [3.63, 3.8) is 0 Å². The van der Waals surface area contributed by atoms with Crippen molar-refractivity contribution in [2.45, 2.75) is 20.4 Å². The van der Waals surface area contributed by atoms with Gasteiger partial charge < -0.3 is 10.2 Å². The Morgan fingerprint density at radius 1 is 1.00 bits per heavy atom. The highest BCUT2D eigenvalue weighted by Gasteiger charge is 2.13. The fraction of sp³-hybridized carbons (Fsp3) is 0.182. The predicted molar refractivity (Wildman–Crippen MR) is 106 cm³/mol. The van der Waals surface area contributed by atoms with Crippen LogP contribution in [0.25, 0.3) is 0 Å². The van der Waals surface area contributed by atoms with Crippen LogP contribution >= 0.6 is 0 Å². The van der Waals surface area contributed by atoms with Gasteiger partial charge in [-0.25, -0.2) is 0 Å². The first-order valence-electron chi connectivity index (χ1n) is 8.62. The molecule has 4 nitrogen and oxygen atoms in total. The molecule has 0 unspecified atom stereocenters. The number of nitrogens with one attached hydrogen (secondary N) is 1. The number of hydrogen-bond acceptors (Lipinski definition) is 3. The summed E-state index contributed by atoms with van der Waals surface area (Å²) >= 11 is 0. The van der Waals surface area contributed by atoms with Crippen LogP contribution < -0.4 is 5.32 Å². The molecule has 0 saturated heterocycles. The number of amides is 1. The van der Waals surface area contributed by atoms with Gasteiger partial charge in [-0.1, -0.05) is 48.5 Å². The van der Waals surface area contributed by atoms with E-state index in [1.54, 1.807) is 24.3 Å². The van der Waals surface area contributed by atoms with Gasteiger partial charge in [0, 0.05) is 25.5 Å². The van der Waals surface area contributed by atoms with Gasteiger partial charge in [0.2, 0.25) is 0 Å². The number of hydrogen-bond donors (Lipinski definition) is 1. The van der Waals surface area contributed by atoms with Crippen LogP contribution in [-0.2, 0) is 6.54 Å². The largest absolute Gasteiger partial charge is 0.354 e. The maximum absolute atomic E-state index is 12.7. The van der Waals surface area contributed by atoms with Crippen LogP contribution in [0.3, 0.4) is 0 Å². The van der Waals surface area contributed by atoms with Crippen molar-refractivity contribution in [1.29, 1.82) is 0 Å². The molecule has 1 N–H and O–H groups in total. The zero-order chi connectivity index (χ0) is 18.5. The van der Waals surface area contributed by atoms with E-state index in [1.165, 1.54) is 0 Å². The van der Waals surface area contributed by atoms with E-state index in [1.807, 2.05) is 42.5 Å². The molecule has 1 heterocycles. The van der Waals surface area contributed by atoms with Crippen molar-refractivity contribution >= 4 is 17.3 Å². The van der Waals surface area contributed by atoms with E-state index in [4.69, 9.17) is 0 Å². The minimum atomic E-state index is -0.0495. The third-order valence-corrected chi connectivity index (χ3v) is 4.34. The second kappa shape index (κ2) is 7.83. The van der Waals surface area contributed by atoms with Crippen molar-refractivity contribution in [1.82, 2.24) is 9.88 Å². The van der Waals surface area contributed by atoms with Crippen molar-refractivity contribution in [2.75, 3.05) is 12.4 Å². The molecule has 0 saturated carbocycles.